The van der Waals surface area contributed by atoms with Crippen LogP contribution in [0.3, 0.4) is 0 Å². The van der Waals surface area contributed by atoms with Crippen LogP contribution in [0.25, 0.3) is 0 Å². The summed E-state index contributed by atoms with van der Waals surface area (Å²) in [7, 11) is -3.44. The predicted octanol–water partition coefficient (Wildman–Crippen LogP) is -0.691. The van der Waals surface area contributed by atoms with Gasteiger partial charge in [0.2, 0.25) is 0 Å². The van der Waals surface area contributed by atoms with Crippen LogP contribution in [0, 0.1) is 0 Å². The summed E-state index contributed by atoms with van der Waals surface area (Å²) in [5.41, 5.74) is 5.90. The molecule has 0 aromatic carbocycles. The van der Waals surface area contributed by atoms with Crippen LogP contribution < -0.4 is 10.5 Å². The standard InChI is InChI=1S/C7H12N4O2S/c8-3-5-4-9-10-7(5)14(12,13)11-6-1-2-6/h4,6,11H,1-3,8H2,(H,9,10). The van der Waals surface area contributed by atoms with Crippen molar-refractivity contribution in [2.75, 3.05) is 0 Å². The van der Waals surface area contributed by atoms with Crippen molar-refractivity contribution in [1.29, 1.82) is 0 Å². The second kappa shape index (κ2) is 3.34. The van der Waals surface area contributed by atoms with E-state index in [0.29, 0.717) is 5.56 Å². The van der Waals surface area contributed by atoms with E-state index in [2.05, 4.69) is 14.9 Å². The van der Waals surface area contributed by atoms with Crippen LogP contribution in [0.2, 0.25) is 0 Å². The van der Waals surface area contributed by atoms with Gasteiger partial charge < -0.3 is 5.73 Å². The van der Waals surface area contributed by atoms with Crippen LogP contribution in [-0.2, 0) is 16.6 Å². The summed E-state index contributed by atoms with van der Waals surface area (Å²) in [6.45, 7) is 0.164. The van der Waals surface area contributed by atoms with E-state index in [0.717, 1.165) is 12.8 Å². The SMILES string of the molecule is NCc1cn[nH]c1S(=O)(=O)NC1CC1. The Bertz CT molecular complexity index is 421. The van der Waals surface area contributed by atoms with Gasteiger partial charge in [-0.15, -0.1) is 0 Å². The number of nitrogens with two attached hydrogens (primary N) is 1. The lowest BCUT2D eigenvalue weighted by Crippen LogP contribution is -2.27. The molecular weight excluding hydrogens is 204 g/mol. The zero-order valence-corrected chi connectivity index (χ0v) is 8.34. The van der Waals surface area contributed by atoms with Crippen molar-refractivity contribution in [2.45, 2.75) is 30.5 Å². The average Bonchev–Trinajstić information content (AvgIpc) is 2.80. The monoisotopic (exact) mass is 216 g/mol. The molecule has 0 saturated heterocycles. The van der Waals surface area contributed by atoms with Crippen LogP contribution in [0.1, 0.15) is 18.4 Å². The molecule has 7 heteroatoms. The Morgan fingerprint density at radius 3 is 2.93 bits per heavy atom. The lowest BCUT2D eigenvalue weighted by molar-refractivity contribution is 0.575. The maximum Gasteiger partial charge on any atom is 0.258 e. The first-order valence-electron chi connectivity index (χ1n) is 4.38. The Balaban J connectivity index is 2.27. The van der Waals surface area contributed by atoms with Crippen molar-refractivity contribution in [1.82, 2.24) is 14.9 Å². The third-order valence-electron chi connectivity index (χ3n) is 2.07. The number of sulfonamides is 1. The summed E-state index contributed by atoms with van der Waals surface area (Å²) in [5, 5.41) is 6.20. The summed E-state index contributed by atoms with van der Waals surface area (Å²) in [4.78, 5) is 0. The molecule has 0 bridgehead atoms. The number of nitrogens with zero attached hydrogens (tertiary/aromatic N) is 1. The highest BCUT2D eigenvalue weighted by atomic mass is 32.2. The van der Waals surface area contributed by atoms with Crippen molar-refractivity contribution in [3.8, 4) is 0 Å². The van der Waals surface area contributed by atoms with E-state index < -0.39 is 10.0 Å². The van der Waals surface area contributed by atoms with Crippen LogP contribution in [0.4, 0.5) is 0 Å². The third-order valence-corrected chi connectivity index (χ3v) is 3.60. The summed E-state index contributed by atoms with van der Waals surface area (Å²) in [6.07, 6.45) is 3.25. The minimum Gasteiger partial charge on any atom is -0.326 e. The molecule has 1 aromatic rings. The van der Waals surface area contributed by atoms with Crippen molar-refractivity contribution >= 4 is 10.0 Å². The largest absolute Gasteiger partial charge is 0.326 e. The molecule has 0 aliphatic heterocycles. The molecule has 78 valence electrons. The highest BCUT2D eigenvalue weighted by molar-refractivity contribution is 7.89. The molecule has 0 radical (unpaired) electrons. The molecule has 0 amide bonds. The fourth-order valence-electron chi connectivity index (χ4n) is 1.16. The number of aromatic nitrogens is 2. The number of nitrogens with one attached hydrogen (secondary N) is 2. The molecule has 1 saturated carbocycles. The second-order valence-electron chi connectivity index (χ2n) is 3.32. The first-order valence-corrected chi connectivity index (χ1v) is 5.86. The van der Waals surface area contributed by atoms with Crippen molar-refractivity contribution in [2.24, 2.45) is 5.73 Å². The Hall–Kier alpha value is -0.920. The highest BCUT2D eigenvalue weighted by Crippen LogP contribution is 2.22. The maximum absolute atomic E-state index is 11.7. The van der Waals surface area contributed by atoms with Crippen LogP contribution in [0.15, 0.2) is 11.2 Å². The van der Waals surface area contributed by atoms with E-state index in [1.165, 1.54) is 6.20 Å². The lowest BCUT2D eigenvalue weighted by Gasteiger charge is -2.03. The second-order valence-corrected chi connectivity index (χ2v) is 4.97. The topological polar surface area (TPSA) is 101 Å². The van der Waals surface area contributed by atoms with E-state index in [9.17, 15) is 8.42 Å². The van der Waals surface area contributed by atoms with E-state index >= 15 is 0 Å². The van der Waals surface area contributed by atoms with Crippen molar-refractivity contribution in [3.63, 3.8) is 0 Å². The summed E-state index contributed by atoms with van der Waals surface area (Å²) < 4.78 is 25.9. The molecule has 1 aliphatic rings. The number of hydrogen-bond acceptors (Lipinski definition) is 4. The number of hydrogen-bond donors (Lipinski definition) is 3. The Morgan fingerprint density at radius 2 is 2.36 bits per heavy atom. The molecule has 6 nitrogen and oxygen atoms in total. The van der Waals surface area contributed by atoms with E-state index in [1.54, 1.807) is 0 Å². The summed E-state index contributed by atoms with van der Waals surface area (Å²) in [6, 6.07) is 0.0916. The van der Waals surface area contributed by atoms with Crippen molar-refractivity contribution < 1.29 is 8.42 Å². The van der Waals surface area contributed by atoms with Crippen LogP contribution >= 0.6 is 0 Å². The van der Waals surface area contributed by atoms with Gasteiger partial charge in [-0.1, -0.05) is 0 Å². The normalized spacial score (nSPS) is 17.2. The van der Waals surface area contributed by atoms with Gasteiger partial charge in [-0.05, 0) is 12.8 Å². The Morgan fingerprint density at radius 1 is 1.64 bits per heavy atom. The van der Waals surface area contributed by atoms with E-state index in [1.807, 2.05) is 0 Å². The van der Waals surface area contributed by atoms with Crippen molar-refractivity contribution in [3.05, 3.63) is 11.8 Å². The third kappa shape index (κ3) is 1.79. The quantitative estimate of drug-likeness (QED) is 0.620. The van der Waals surface area contributed by atoms with Gasteiger partial charge >= 0.3 is 0 Å². The first-order chi connectivity index (χ1) is 6.63. The van der Waals surface area contributed by atoms with E-state index in [4.69, 9.17) is 5.73 Å². The molecule has 0 spiro atoms. The molecule has 14 heavy (non-hydrogen) atoms. The van der Waals surface area contributed by atoms with Gasteiger partial charge in [-0.3, -0.25) is 5.10 Å². The lowest BCUT2D eigenvalue weighted by atomic mass is 10.4. The zero-order valence-electron chi connectivity index (χ0n) is 7.53. The van der Waals surface area contributed by atoms with Crippen LogP contribution in [0.5, 0.6) is 0 Å². The highest BCUT2D eigenvalue weighted by Gasteiger charge is 2.29. The summed E-state index contributed by atoms with van der Waals surface area (Å²) in [5.74, 6) is 0. The Labute approximate surface area is 81.9 Å². The number of H-pyrrole nitrogens is 1. The molecular formula is C7H12N4O2S. The van der Waals surface area contributed by atoms with Gasteiger partial charge in [0.05, 0.1) is 6.20 Å². The van der Waals surface area contributed by atoms with Gasteiger partial charge in [0.25, 0.3) is 10.0 Å². The van der Waals surface area contributed by atoms with E-state index in [-0.39, 0.29) is 17.6 Å². The zero-order chi connectivity index (χ0) is 10.2. The molecule has 2 rings (SSSR count). The molecule has 1 heterocycles. The minimum atomic E-state index is -3.44. The molecule has 1 aliphatic carbocycles. The molecule has 0 unspecified atom stereocenters. The fourth-order valence-corrected chi connectivity index (χ4v) is 2.60. The molecule has 4 N–H and O–H groups in total. The van der Waals surface area contributed by atoms with Gasteiger partial charge in [-0.2, -0.15) is 5.10 Å². The first kappa shape index (κ1) is 9.63. The maximum atomic E-state index is 11.7. The van der Waals surface area contributed by atoms with Gasteiger partial charge in [-0.25, -0.2) is 13.1 Å². The smallest absolute Gasteiger partial charge is 0.258 e. The van der Waals surface area contributed by atoms with Gasteiger partial charge in [0.1, 0.15) is 0 Å². The number of aromatic amines is 1. The van der Waals surface area contributed by atoms with Gasteiger partial charge in [0, 0.05) is 18.2 Å². The average molecular weight is 216 g/mol. The molecule has 1 aromatic heterocycles. The van der Waals surface area contributed by atoms with Crippen LogP contribution in [-0.4, -0.2) is 24.7 Å². The Kier molecular flexibility index (Phi) is 2.30. The number of rotatable bonds is 4. The predicted molar refractivity (Wildman–Crippen MR) is 49.8 cm³/mol. The minimum absolute atomic E-state index is 0.0897. The van der Waals surface area contributed by atoms with Gasteiger partial charge in [0.15, 0.2) is 5.03 Å². The molecule has 0 atom stereocenters. The summed E-state index contributed by atoms with van der Waals surface area (Å²) >= 11 is 0. The molecule has 1 fully saturated rings. The fraction of sp³-hybridized carbons (Fsp3) is 0.571.